The van der Waals surface area contributed by atoms with E-state index in [-0.39, 0.29) is 17.5 Å². The molecular formula is C21H20Cl2N4O2. The number of amides is 1. The van der Waals surface area contributed by atoms with Gasteiger partial charge in [0.2, 0.25) is 0 Å². The van der Waals surface area contributed by atoms with E-state index in [4.69, 9.17) is 23.2 Å². The molecule has 4 rings (SSSR count). The smallest absolute Gasteiger partial charge is 0.338 e. The van der Waals surface area contributed by atoms with Gasteiger partial charge in [-0.15, -0.1) is 0 Å². The van der Waals surface area contributed by atoms with Gasteiger partial charge in [-0.25, -0.2) is 14.0 Å². The molecule has 1 unspecified atom stereocenters. The van der Waals surface area contributed by atoms with Gasteiger partial charge in [-0.2, -0.15) is 5.10 Å². The number of hydrogen-bond donors (Lipinski definition) is 0. The SMILES string of the molecule is Cn1nc(C2CCCN(C(=O)c3ccc(Cl)cc3Cl)C2)n(-c2ccccc2)c1=O. The molecule has 150 valence electrons. The number of likely N-dealkylation sites (tertiary alicyclic amines) is 1. The minimum atomic E-state index is -0.199. The van der Waals surface area contributed by atoms with Crippen molar-refractivity contribution in [3.05, 3.63) is 80.4 Å². The molecule has 0 bridgehead atoms. The van der Waals surface area contributed by atoms with E-state index in [2.05, 4.69) is 5.10 Å². The minimum Gasteiger partial charge on any atom is -0.338 e. The monoisotopic (exact) mass is 430 g/mol. The first-order chi connectivity index (χ1) is 14.0. The van der Waals surface area contributed by atoms with Crippen LogP contribution in [0.3, 0.4) is 0 Å². The maximum absolute atomic E-state index is 13.0. The maximum atomic E-state index is 13.0. The number of aromatic nitrogens is 3. The van der Waals surface area contributed by atoms with Crippen LogP contribution < -0.4 is 5.69 Å². The van der Waals surface area contributed by atoms with Crippen molar-refractivity contribution < 1.29 is 4.79 Å². The minimum absolute atomic E-state index is 0.0483. The second-order valence-corrected chi connectivity index (χ2v) is 7.99. The molecule has 6 nitrogen and oxygen atoms in total. The number of piperidine rings is 1. The predicted molar refractivity (Wildman–Crippen MR) is 113 cm³/mol. The third kappa shape index (κ3) is 3.82. The Morgan fingerprint density at radius 1 is 1.14 bits per heavy atom. The van der Waals surface area contributed by atoms with Crippen LogP contribution in [0.15, 0.2) is 53.3 Å². The number of halogens is 2. The number of aryl methyl sites for hydroxylation is 1. The third-order valence-electron chi connectivity index (χ3n) is 5.20. The van der Waals surface area contributed by atoms with Gasteiger partial charge in [0.15, 0.2) is 0 Å². The maximum Gasteiger partial charge on any atom is 0.350 e. The average molecular weight is 431 g/mol. The summed E-state index contributed by atoms with van der Waals surface area (Å²) in [7, 11) is 1.64. The molecule has 1 aromatic heterocycles. The van der Waals surface area contributed by atoms with Crippen LogP contribution in [0.1, 0.15) is 34.9 Å². The highest BCUT2D eigenvalue weighted by molar-refractivity contribution is 6.36. The molecule has 1 fully saturated rings. The number of hydrogen-bond acceptors (Lipinski definition) is 3. The first-order valence-corrected chi connectivity index (χ1v) is 10.2. The van der Waals surface area contributed by atoms with Gasteiger partial charge in [0.05, 0.1) is 16.3 Å². The lowest BCUT2D eigenvalue weighted by molar-refractivity contribution is 0.0704. The molecule has 1 aliphatic heterocycles. The Balaban J connectivity index is 1.65. The van der Waals surface area contributed by atoms with Gasteiger partial charge in [0.25, 0.3) is 5.91 Å². The highest BCUT2D eigenvalue weighted by Crippen LogP contribution is 2.29. The topological polar surface area (TPSA) is 60.1 Å². The van der Waals surface area contributed by atoms with Crippen LogP contribution in [0.25, 0.3) is 5.69 Å². The van der Waals surface area contributed by atoms with Crippen molar-refractivity contribution in [1.82, 2.24) is 19.2 Å². The summed E-state index contributed by atoms with van der Waals surface area (Å²) in [5.41, 5.74) is 0.998. The first kappa shape index (κ1) is 19.7. The van der Waals surface area contributed by atoms with Gasteiger partial charge in [-0.05, 0) is 43.2 Å². The van der Waals surface area contributed by atoms with Crippen LogP contribution in [0.2, 0.25) is 10.0 Å². The zero-order chi connectivity index (χ0) is 20.5. The average Bonchev–Trinajstić information content (AvgIpc) is 3.03. The summed E-state index contributed by atoms with van der Waals surface area (Å²) in [5, 5.41) is 5.32. The van der Waals surface area contributed by atoms with Gasteiger partial charge in [-0.3, -0.25) is 4.79 Å². The van der Waals surface area contributed by atoms with Crippen LogP contribution in [0.4, 0.5) is 0 Å². The zero-order valence-corrected chi connectivity index (χ0v) is 17.4. The summed E-state index contributed by atoms with van der Waals surface area (Å²) >= 11 is 12.2. The van der Waals surface area contributed by atoms with E-state index in [0.717, 1.165) is 18.5 Å². The summed E-state index contributed by atoms with van der Waals surface area (Å²) < 4.78 is 2.98. The number of carbonyl (C=O) groups is 1. The second kappa shape index (κ2) is 8.05. The summed E-state index contributed by atoms with van der Waals surface area (Å²) in [6, 6.07) is 14.3. The van der Waals surface area contributed by atoms with E-state index in [1.54, 1.807) is 34.7 Å². The first-order valence-electron chi connectivity index (χ1n) is 9.41. The molecule has 1 saturated heterocycles. The fraction of sp³-hybridized carbons (Fsp3) is 0.286. The summed E-state index contributed by atoms with van der Waals surface area (Å²) in [6.07, 6.45) is 1.67. The molecule has 29 heavy (non-hydrogen) atoms. The molecule has 1 amide bonds. The molecule has 1 aliphatic rings. The van der Waals surface area contributed by atoms with Crippen molar-refractivity contribution in [3.63, 3.8) is 0 Å². The van der Waals surface area contributed by atoms with E-state index in [1.165, 1.54) is 4.68 Å². The van der Waals surface area contributed by atoms with E-state index < -0.39 is 0 Å². The molecule has 2 heterocycles. The van der Waals surface area contributed by atoms with Crippen molar-refractivity contribution in [2.75, 3.05) is 13.1 Å². The number of benzene rings is 2. The van der Waals surface area contributed by atoms with Gasteiger partial charge in [-0.1, -0.05) is 41.4 Å². The second-order valence-electron chi connectivity index (χ2n) is 7.15. The number of para-hydroxylation sites is 1. The van der Waals surface area contributed by atoms with Crippen LogP contribution >= 0.6 is 23.2 Å². The van der Waals surface area contributed by atoms with Gasteiger partial charge >= 0.3 is 5.69 Å². The predicted octanol–water partition coefficient (Wildman–Crippen LogP) is 3.90. The molecule has 3 aromatic rings. The number of rotatable bonds is 3. The highest BCUT2D eigenvalue weighted by Gasteiger charge is 2.30. The Hall–Kier alpha value is -2.57. The molecule has 8 heteroatoms. The van der Waals surface area contributed by atoms with Crippen molar-refractivity contribution in [2.24, 2.45) is 7.05 Å². The molecule has 0 saturated carbocycles. The zero-order valence-electron chi connectivity index (χ0n) is 15.9. The molecular weight excluding hydrogens is 411 g/mol. The van der Waals surface area contributed by atoms with Crippen LogP contribution in [-0.2, 0) is 7.05 Å². The molecule has 0 radical (unpaired) electrons. The number of carbonyl (C=O) groups excluding carboxylic acids is 1. The van der Waals surface area contributed by atoms with Crippen molar-refractivity contribution in [2.45, 2.75) is 18.8 Å². The van der Waals surface area contributed by atoms with Gasteiger partial charge < -0.3 is 4.90 Å². The molecule has 2 aromatic carbocycles. The normalized spacial score (nSPS) is 16.8. The molecule has 0 N–H and O–H groups in total. The Labute approximate surface area is 178 Å². The van der Waals surface area contributed by atoms with Crippen molar-refractivity contribution in [1.29, 1.82) is 0 Å². The fourth-order valence-corrected chi connectivity index (χ4v) is 4.26. The van der Waals surface area contributed by atoms with Crippen LogP contribution in [0.5, 0.6) is 0 Å². The van der Waals surface area contributed by atoms with E-state index in [1.807, 2.05) is 30.3 Å². The van der Waals surface area contributed by atoms with Gasteiger partial charge in [0.1, 0.15) is 5.82 Å². The molecule has 0 spiro atoms. The fourth-order valence-electron chi connectivity index (χ4n) is 3.77. The lowest BCUT2D eigenvalue weighted by Gasteiger charge is -2.32. The Morgan fingerprint density at radius 3 is 2.62 bits per heavy atom. The Kier molecular flexibility index (Phi) is 5.48. The van der Waals surface area contributed by atoms with Crippen LogP contribution in [0, 0.1) is 0 Å². The third-order valence-corrected chi connectivity index (χ3v) is 5.75. The Bertz CT molecular complexity index is 1110. The molecule has 0 aliphatic carbocycles. The van der Waals surface area contributed by atoms with E-state index in [0.29, 0.717) is 34.5 Å². The lowest BCUT2D eigenvalue weighted by atomic mass is 9.96. The standard InChI is InChI=1S/C21H20Cl2N4O2/c1-25-21(29)27(16-7-3-2-4-8-16)19(24-25)14-6-5-11-26(13-14)20(28)17-10-9-15(22)12-18(17)23/h2-4,7-10,12,14H,5-6,11,13H2,1H3. The highest BCUT2D eigenvalue weighted by atomic mass is 35.5. The summed E-state index contributed by atoms with van der Waals surface area (Å²) in [6.45, 7) is 1.11. The summed E-state index contributed by atoms with van der Waals surface area (Å²) in [4.78, 5) is 27.5. The summed E-state index contributed by atoms with van der Waals surface area (Å²) in [5.74, 6) is 0.484. The molecule has 1 atom stereocenters. The van der Waals surface area contributed by atoms with Crippen LogP contribution in [-0.4, -0.2) is 38.2 Å². The van der Waals surface area contributed by atoms with Crippen molar-refractivity contribution >= 4 is 29.1 Å². The lowest BCUT2D eigenvalue weighted by Crippen LogP contribution is -2.40. The van der Waals surface area contributed by atoms with E-state index in [9.17, 15) is 9.59 Å². The quantitative estimate of drug-likeness (QED) is 0.632. The van der Waals surface area contributed by atoms with Gasteiger partial charge in [0, 0.05) is 31.1 Å². The van der Waals surface area contributed by atoms with E-state index >= 15 is 0 Å². The largest absolute Gasteiger partial charge is 0.350 e. The van der Waals surface area contributed by atoms with Crippen molar-refractivity contribution in [3.8, 4) is 5.69 Å². The Morgan fingerprint density at radius 2 is 1.90 bits per heavy atom. The number of nitrogens with zero attached hydrogens (tertiary/aromatic N) is 4.